The van der Waals surface area contributed by atoms with Crippen LogP contribution < -0.4 is 10.5 Å². The maximum absolute atomic E-state index is 5.81. The summed E-state index contributed by atoms with van der Waals surface area (Å²) >= 11 is 5.81. The predicted octanol–water partition coefficient (Wildman–Crippen LogP) is 3.67. The SMILES string of the molecule is CCc1ccccc1Oc1nc(Cl)ccc1N. The van der Waals surface area contributed by atoms with Gasteiger partial charge in [-0.1, -0.05) is 36.7 Å². The minimum absolute atomic E-state index is 0.346. The van der Waals surface area contributed by atoms with Crippen LogP contribution in [0, 0.1) is 0 Å². The van der Waals surface area contributed by atoms with Crippen molar-refractivity contribution in [1.29, 1.82) is 0 Å². The van der Waals surface area contributed by atoms with E-state index in [0.717, 1.165) is 17.7 Å². The molecule has 3 nitrogen and oxygen atoms in total. The lowest BCUT2D eigenvalue weighted by molar-refractivity contribution is 0.460. The van der Waals surface area contributed by atoms with E-state index in [1.807, 2.05) is 24.3 Å². The number of nitrogens with zero attached hydrogens (tertiary/aromatic N) is 1. The van der Waals surface area contributed by atoms with E-state index in [1.54, 1.807) is 12.1 Å². The summed E-state index contributed by atoms with van der Waals surface area (Å²) in [6.07, 6.45) is 0.886. The molecule has 1 heterocycles. The van der Waals surface area contributed by atoms with Gasteiger partial charge in [-0.2, -0.15) is 4.98 Å². The molecule has 0 saturated carbocycles. The van der Waals surface area contributed by atoms with E-state index in [9.17, 15) is 0 Å². The molecule has 2 aromatic rings. The Morgan fingerprint density at radius 3 is 2.76 bits per heavy atom. The first kappa shape index (κ1) is 11.7. The molecule has 2 rings (SSSR count). The van der Waals surface area contributed by atoms with Gasteiger partial charge in [0.1, 0.15) is 10.9 Å². The summed E-state index contributed by atoms with van der Waals surface area (Å²) in [5, 5.41) is 0.364. The van der Waals surface area contributed by atoms with Gasteiger partial charge in [0.25, 0.3) is 0 Å². The highest BCUT2D eigenvalue weighted by Gasteiger charge is 2.07. The highest BCUT2D eigenvalue weighted by molar-refractivity contribution is 6.29. The number of hydrogen-bond acceptors (Lipinski definition) is 3. The summed E-state index contributed by atoms with van der Waals surface area (Å²) in [5.41, 5.74) is 7.36. The van der Waals surface area contributed by atoms with Crippen molar-refractivity contribution >= 4 is 17.3 Å². The van der Waals surface area contributed by atoms with Crippen LogP contribution in [0.4, 0.5) is 5.69 Å². The molecule has 0 aliphatic carbocycles. The van der Waals surface area contributed by atoms with E-state index in [0.29, 0.717) is 16.7 Å². The fourth-order valence-corrected chi connectivity index (χ4v) is 1.65. The second kappa shape index (κ2) is 5.06. The van der Waals surface area contributed by atoms with Crippen LogP contribution in [0.1, 0.15) is 12.5 Å². The van der Waals surface area contributed by atoms with Crippen molar-refractivity contribution in [2.75, 3.05) is 5.73 Å². The topological polar surface area (TPSA) is 48.1 Å². The third-order valence-electron chi connectivity index (χ3n) is 2.42. The van der Waals surface area contributed by atoms with Gasteiger partial charge in [-0.15, -0.1) is 0 Å². The summed E-state index contributed by atoms with van der Waals surface area (Å²) in [4.78, 5) is 4.06. The molecule has 88 valence electrons. The molecule has 0 radical (unpaired) electrons. The van der Waals surface area contributed by atoms with Crippen LogP contribution in [-0.2, 0) is 6.42 Å². The number of halogens is 1. The van der Waals surface area contributed by atoms with E-state index >= 15 is 0 Å². The number of nitrogen functional groups attached to an aromatic ring is 1. The number of aryl methyl sites for hydroxylation is 1. The second-order valence-corrected chi connectivity index (χ2v) is 3.98. The molecule has 0 aliphatic heterocycles. The van der Waals surface area contributed by atoms with Gasteiger partial charge in [0.05, 0.1) is 5.69 Å². The van der Waals surface area contributed by atoms with Crippen molar-refractivity contribution < 1.29 is 4.74 Å². The maximum atomic E-state index is 5.81. The van der Waals surface area contributed by atoms with Crippen molar-refractivity contribution in [3.05, 3.63) is 47.1 Å². The Balaban J connectivity index is 2.34. The van der Waals surface area contributed by atoms with Crippen LogP contribution in [0.25, 0.3) is 0 Å². The first-order valence-electron chi connectivity index (χ1n) is 5.38. The first-order valence-corrected chi connectivity index (χ1v) is 5.76. The van der Waals surface area contributed by atoms with E-state index in [4.69, 9.17) is 22.1 Å². The summed E-state index contributed by atoms with van der Waals surface area (Å²) in [6, 6.07) is 11.1. The number of pyridine rings is 1. The van der Waals surface area contributed by atoms with Crippen molar-refractivity contribution in [1.82, 2.24) is 4.98 Å². The molecule has 0 fully saturated rings. The van der Waals surface area contributed by atoms with Gasteiger partial charge < -0.3 is 10.5 Å². The van der Waals surface area contributed by atoms with E-state index in [2.05, 4.69) is 11.9 Å². The van der Waals surface area contributed by atoms with Crippen LogP contribution in [0.15, 0.2) is 36.4 Å². The lowest BCUT2D eigenvalue weighted by atomic mass is 10.1. The second-order valence-electron chi connectivity index (χ2n) is 3.59. The van der Waals surface area contributed by atoms with Crippen molar-refractivity contribution in [3.8, 4) is 11.6 Å². The Morgan fingerprint density at radius 1 is 1.24 bits per heavy atom. The van der Waals surface area contributed by atoms with E-state index in [-0.39, 0.29) is 0 Å². The molecule has 1 aromatic carbocycles. The molecule has 0 saturated heterocycles. The number of para-hydroxylation sites is 1. The van der Waals surface area contributed by atoms with Crippen LogP contribution >= 0.6 is 11.6 Å². The zero-order valence-corrected chi connectivity index (χ0v) is 10.2. The maximum Gasteiger partial charge on any atom is 0.244 e. The Labute approximate surface area is 105 Å². The number of nitrogens with two attached hydrogens (primary N) is 1. The van der Waals surface area contributed by atoms with Crippen molar-refractivity contribution in [3.63, 3.8) is 0 Å². The average molecular weight is 249 g/mol. The summed E-state index contributed by atoms with van der Waals surface area (Å²) in [5.74, 6) is 1.11. The van der Waals surface area contributed by atoms with Gasteiger partial charge in [-0.25, -0.2) is 0 Å². The molecule has 1 aromatic heterocycles. The standard InChI is InChI=1S/C13H13ClN2O/c1-2-9-5-3-4-6-11(9)17-13-10(15)7-8-12(14)16-13/h3-8H,2,15H2,1H3. The number of benzene rings is 1. The summed E-state index contributed by atoms with van der Waals surface area (Å²) in [6.45, 7) is 2.07. The zero-order chi connectivity index (χ0) is 12.3. The Bertz CT molecular complexity index is 529. The van der Waals surface area contributed by atoms with Gasteiger partial charge >= 0.3 is 0 Å². The third-order valence-corrected chi connectivity index (χ3v) is 2.63. The molecule has 0 amide bonds. The van der Waals surface area contributed by atoms with E-state index < -0.39 is 0 Å². The number of aromatic nitrogens is 1. The molecular formula is C13H13ClN2O. The van der Waals surface area contributed by atoms with Gasteiger partial charge in [0.15, 0.2) is 0 Å². The Hall–Kier alpha value is -1.74. The normalized spacial score (nSPS) is 10.2. The van der Waals surface area contributed by atoms with Crippen LogP contribution in [0.5, 0.6) is 11.6 Å². The molecule has 4 heteroatoms. The first-order chi connectivity index (χ1) is 8.20. The number of rotatable bonds is 3. The summed E-state index contributed by atoms with van der Waals surface area (Å²) < 4.78 is 5.69. The number of anilines is 1. The van der Waals surface area contributed by atoms with Gasteiger partial charge in [0, 0.05) is 0 Å². The van der Waals surface area contributed by atoms with E-state index in [1.165, 1.54) is 0 Å². The van der Waals surface area contributed by atoms with Crippen LogP contribution in [0.3, 0.4) is 0 Å². The Kier molecular flexibility index (Phi) is 3.49. The van der Waals surface area contributed by atoms with Crippen molar-refractivity contribution in [2.45, 2.75) is 13.3 Å². The molecular weight excluding hydrogens is 236 g/mol. The van der Waals surface area contributed by atoms with Gasteiger partial charge in [-0.05, 0) is 30.2 Å². The molecule has 0 unspecified atom stereocenters. The summed E-state index contributed by atoms with van der Waals surface area (Å²) in [7, 11) is 0. The van der Waals surface area contributed by atoms with Gasteiger partial charge in [-0.3, -0.25) is 0 Å². The molecule has 0 spiro atoms. The fourth-order valence-electron chi connectivity index (χ4n) is 1.51. The molecule has 17 heavy (non-hydrogen) atoms. The molecule has 2 N–H and O–H groups in total. The average Bonchev–Trinajstić information content (AvgIpc) is 2.34. The smallest absolute Gasteiger partial charge is 0.244 e. The molecule has 0 atom stereocenters. The lowest BCUT2D eigenvalue weighted by Crippen LogP contribution is -1.97. The Morgan fingerprint density at radius 2 is 2.00 bits per heavy atom. The monoisotopic (exact) mass is 248 g/mol. The predicted molar refractivity (Wildman–Crippen MR) is 69.6 cm³/mol. The minimum Gasteiger partial charge on any atom is -0.437 e. The largest absolute Gasteiger partial charge is 0.437 e. The fraction of sp³-hybridized carbons (Fsp3) is 0.154. The highest BCUT2D eigenvalue weighted by Crippen LogP contribution is 2.29. The molecule has 0 bridgehead atoms. The third kappa shape index (κ3) is 2.68. The molecule has 0 aliphatic rings. The minimum atomic E-state index is 0.346. The zero-order valence-electron chi connectivity index (χ0n) is 9.48. The van der Waals surface area contributed by atoms with Crippen molar-refractivity contribution in [2.24, 2.45) is 0 Å². The highest BCUT2D eigenvalue weighted by atomic mass is 35.5. The van der Waals surface area contributed by atoms with Crippen LogP contribution in [-0.4, -0.2) is 4.98 Å². The quantitative estimate of drug-likeness (QED) is 0.843. The van der Waals surface area contributed by atoms with Crippen LogP contribution in [0.2, 0.25) is 5.15 Å². The number of hydrogen-bond donors (Lipinski definition) is 1. The lowest BCUT2D eigenvalue weighted by Gasteiger charge is -2.10. The van der Waals surface area contributed by atoms with Gasteiger partial charge in [0.2, 0.25) is 5.88 Å². The number of ether oxygens (including phenoxy) is 1.